The maximum absolute atomic E-state index is 4.06. The van der Waals surface area contributed by atoms with Gasteiger partial charge in [0.1, 0.15) is 0 Å². The summed E-state index contributed by atoms with van der Waals surface area (Å²) in [4.78, 5) is 4.06. The fraction of sp³-hybridized carbons (Fsp3) is 0.125. The molecule has 1 rings (SSSR count). The lowest BCUT2D eigenvalue weighted by atomic mass is 10.3. The Balaban J connectivity index is 2.87. The first-order valence-electron chi connectivity index (χ1n) is 3.03. The molecule has 2 heteroatoms. The molecule has 10 heavy (non-hydrogen) atoms. The maximum Gasteiger partial charge on any atom is 0.0735 e. The Hall–Kier alpha value is -0.850. The standard InChI is InChI=1S/C8H9NS/c1-10-7-9-8-5-3-2-4-6-8/h2-6,10H,1H3. The minimum atomic E-state index is 0.969. The van der Waals surface area contributed by atoms with Crippen molar-refractivity contribution in [2.24, 2.45) is 4.99 Å². The predicted molar refractivity (Wildman–Crippen MR) is 48.4 cm³/mol. The SMILES string of the molecule is C[SH]=C=Nc1ccccc1. The van der Waals surface area contributed by atoms with Crippen LogP contribution in [0.5, 0.6) is 0 Å². The average Bonchev–Trinajstić information content (AvgIpc) is 2.03. The minimum absolute atomic E-state index is 0.969. The second kappa shape index (κ2) is 4.04. The topological polar surface area (TPSA) is 12.4 Å². The molecule has 0 aliphatic carbocycles. The fourth-order valence-electron chi connectivity index (χ4n) is 0.610. The zero-order valence-corrected chi connectivity index (χ0v) is 6.68. The largest absolute Gasteiger partial charge is 0.200 e. The molecule has 0 amide bonds. The molecule has 1 aromatic rings. The van der Waals surface area contributed by atoms with Crippen molar-refractivity contribution in [2.75, 3.05) is 6.26 Å². The lowest BCUT2D eigenvalue weighted by molar-refractivity contribution is 1.55. The van der Waals surface area contributed by atoms with Gasteiger partial charge < -0.3 is 0 Å². The molecule has 1 nitrogen and oxygen atoms in total. The molecule has 0 saturated carbocycles. The summed E-state index contributed by atoms with van der Waals surface area (Å²) in [5.41, 5.74) is 0.969. The highest BCUT2D eigenvalue weighted by Crippen LogP contribution is 2.07. The first kappa shape index (κ1) is 7.26. The van der Waals surface area contributed by atoms with Gasteiger partial charge in [0.25, 0.3) is 0 Å². The molecule has 0 aliphatic rings. The average molecular weight is 151 g/mol. The van der Waals surface area contributed by atoms with E-state index in [-0.39, 0.29) is 0 Å². The Labute approximate surface area is 64.4 Å². The van der Waals surface area contributed by atoms with E-state index in [4.69, 9.17) is 0 Å². The van der Waals surface area contributed by atoms with Gasteiger partial charge in [-0.3, -0.25) is 0 Å². The van der Waals surface area contributed by atoms with Crippen LogP contribution >= 0.6 is 11.4 Å². The second-order valence-corrected chi connectivity index (χ2v) is 2.42. The number of benzene rings is 1. The van der Waals surface area contributed by atoms with Crippen LogP contribution < -0.4 is 0 Å². The lowest BCUT2D eigenvalue weighted by Crippen LogP contribution is -1.59. The minimum Gasteiger partial charge on any atom is -0.200 e. The van der Waals surface area contributed by atoms with E-state index < -0.39 is 0 Å². The Bertz CT molecular complexity index is 247. The van der Waals surface area contributed by atoms with Crippen molar-refractivity contribution in [3.63, 3.8) is 0 Å². The van der Waals surface area contributed by atoms with Gasteiger partial charge in [0.05, 0.1) is 5.69 Å². The van der Waals surface area contributed by atoms with E-state index in [0.717, 1.165) is 17.0 Å². The number of aliphatic imine (C=N–C) groups is 1. The van der Waals surface area contributed by atoms with Gasteiger partial charge in [-0.05, 0) is 18.4 Å². The Morgan fingerprint density at radius 1 is 1.30 bits per heavy atom. The molecule has 52 valence electrons. The van der Waals surface area contributed by atoms with Crippen molar-refractivity contribution in [2.45, 2.75) is 0 Å². The first-order chi connectivity index (χ1) is 4.93. The van der Waals surface area contributed by atoms with E-state index in [0.29, 0.717) is 0 Å². The molecule has 0 spiro atoms. The van der Waals surface area contributed by atoms with Crippen molar-refractivity contribution in [3.8, 4) is 0 Å². The lowest BCUT2D eigenvalue weighted by Gasteiger charge is -1.84. The number of para-hydroxylation sites is 1. The second-order valence-electron chi connectivity index (χ2n) is 1.77. The molecule has 1 aromatic carbocycles. The molecule has 0 N–H and O–H groups in total. The molecule has 0 bridgehead atoms. The molecular weight excluding hydrogens is 142 g/mol. The van der Waals surface area contributed by atoms with Gasteiger partial charge in [0, 0.05) is 5.16 Å². The Morgan fingerprint density at radius 2 is 2.00 bits per heavy atom. The van der Waals surface area contributed by atoms with Crippen molar-refractivity contribution >= 4 is 22.2 Å². The van der Waals surface area contributed by atoms with Crippen molar-refractivity contribution in [1.29, 1.82) is 0 Å². The van der Waals surface area contributed by atoms with Crippen LogP contribution in [0.3, 0.4) is 0 Å². The van der Waals surface area contributed by atoms with E-state index in [9.17, 15) is 0 Å². The maximum atomic E-state index is 4.06. The summed E-state index contributed by atoms with van der Waals surface area (Å²) in [6.45, 7) is 0. The summed E-state index contributed by atoms with van der Waals surface area (Å²) in [7, 11) is 0. The van der Waals surface area contributed by atoms with Gasteiger partial charge >= 0.3 is 0 Å². The van der Waals surface area contributed by atoms with Crippen molar-refractivity contribution < 1.29 is 0 Å². The number of hydrogen-bond acceptors (Lipinski definition) is 1. The molecule has 0 atom stereocenters. The number of nitrogens with zero attached hydrogens (tertiary/aromatic N) is 1. The summed E-state index contributed by atoms with van der Waals surface area (Å²) < 4.78 is 0. The summed E-state index contributed by atoms with van der Waals surface area (Å²) in [5, 5.41) is 2.86. The van der Waals surface area contributed by atoms with Crippen LogP contribution in [0.4, 0.5) is 5.69 Å². The first-order valence-corrected chi connectivity index (χ1v) is 4.37. The van der Waals surface area contributed by atoms with E-state index >= 15 is 0 Å². The number of thiol groups is 1. The van der Waals surface area contributed by atoms with Gasteiger partial charge in [-0.1, -0.05) is 18.2 Å². The summed E-state index contributed by atoms with van der Waals surface area (Å²) in [6, 6.07) is 9.82. The van der Waals surface area contributed by atoms with Crippen molar-refractivity contribution in [3.05, 3.63) is 30.3 Å². The predicted octanol–water partition coefficient (Wildman–Crippen LogP) is 2.32. The highest BCUT2D eigenvalue weighted by molar-refractivity contribution is 7.96. The third-order valence-electron chi connectivity index (χ3n) is 1.04. The highest BCUT2D eigenvalue weighted by Gasteiger charge is 1.79. The van der Waals surface area contributed by atoms with Gasteiger partial charge in [0.15, 0.2) is 0 Å². The zero-order chi connectivity index (χ0) is 7.23. The number of rotatable bonds is 1. The summed E-state index contributed by atoms with van der Waals surface area (Å²) in [5.74, 6) is 0. The molecule has 0 aliphatic heterocycles. The van der Waals surface area contributed by atoms with E-state index in [1.807, 2.05) is 36.6 Å². The number of isothiocyanates is 1. The van der Waals surface area contributed by atoms with Gasteiger partial charge in [-0.2, -0.15) is 0 Å². The number of hydrogen-bond donors (Lipinski definition) is 1. The molecule has 0 saturated heterocycles. The van der Waals surface area contributed by atoms with Crippen LogP contribution in [-0.2, 0) is 0 Å². The van der Waals surface area contributed by atoms with Crippen LogP contribution in [0.1, 0.15) is 0 Å². The zero-order valence-electron chi connectivity index (χ0n) is 5.78. The highest BCUT2D eigenvalue weighted by atomic mass is 32.1. The van der Waals surface area contributed by atoms with Crippen LogP contribution in [0.15, 0.2) is 35.3 Å². The Kier molecular flexibility index (Phi) is 2.94. The molecular formula is C8H9NS. The summed E-state index contributed by atoms with van der Waals surface area (Å²) >= 11 is 1.07. The Morgan fingerprint density at radius 3 is 2.60 bits per heavy atom. The molecule has 0 aromatic heterocycles. The summed E-state index contributed by atoms with van der Waals surface area (Å²) in [6.07, 6.45) is 1.99. The van der Waals surface area contributed by atoms with Gasteiger partial charge in [-0.25, -0.2) is 4.99 Å². The molecule has 0 radical (unpaired) electrons. The third kappa shape index (κ3) is 2.18. The smallest absolute Gasteiger partial charge is 0.0735 e. The fourth-order valence-corrected chi connectivity index (χ4v) is 0.826. The van der Waals surface area contributed by atoms with Crippen LogP contribution in [0, 0.1) is 0 Å². The van der Waals surface area contributed by atoms with E-state index in [1.165, 1.54) is 0 Å². The van der Waals surface area contributed by atoms with Crippen molar-refractivity contribution in [1.82, 2.24) is 0 Å². The van der Waals surface area contributed by atoms with Crippen LogP contribution in [0.25, 0.3) is 0 Å². The van der Waals surface area contributed by atoms with E-state index in [2.05, 4.69) is 10.2 Å². The van der Waals surface area contributed by atoms with Crippen LogP contribution in [0.2, 0.25) is 0 Å². The molecule has 0 fully saturated rings. The van der Waals surface area contributed by atoms with Gasteiger partial charge in [-0.15, -0.1) is 11.4 Å². The van der Waals surface area contributed by atoms with Gasteiger partial charge in [0.2, 0.25) is 0 Å². The van der Waals surface area contributed by atoms with E-state index in [1.54, 1.807) is 0 Å². The van der Waals surface area contributed by atoms with Crippen LogP contribution in [-0.4, -0.2) is 11.4 Å². The molecule has 0 unspecified atom stereocenters. The monoisotopic (exact) mass is 151 g/mol. The third-order valence-corrected chi connectivity index (χ3v) is 1.34. The molecule has 0 heterocycles. The quantitative estimate of drug-likeness (QED) is 0.359. The normalized spacial score (nSPS) is 8.50.